The van der Waals surface area contributed by atoms with Gasteiger partial charge < -0.3 is 10.3 Å². The Kier molecular flexibility index (Phi) is 3.49. The van der Waals surface area contributed by atoms with Gasteiger partial charge >= 0.3 is 0 Å². The Labute approximate surface area is 110 Å². The first-order valence-corrected chi connectivity index (χ1v) is 6.79. The maximum atomic E-state index is 5.68. The average molecular weight is 244 g/mol. The summed E-state index contributed by atoms with van der Waals surface area (Å²) in [5.41, 5.74) is 10.0. The van der Waals surface area contributed by atoms with Gasteiger partial charge in [0.15, 0.2) is 0 Å². The standard InChI is InChI=1S/C16H24N2/c1-5-12-11-18(9-8-17)15-7-6-13(10-14(12)15)16(2,3)4/h6-7,10-11H,5,8-9,17H2,1-4H3. The molecule has 2 heteroatoms. The van der Waals surface area contributed by atoms with Gasteiger partial charge in [-0.05, 0) is 35.1 Å². The Morgan fingerprint density at radius 2 is 1.94 bits per heavy atom. The fourth-order valence-corrected chi connectivity index (χ4v) is 2.44. The van der Waals surface area contributed by atoms with Gasteiger partial charge in [0.25, 0.3) is 0 Å². The molecule has 0 atom stereocenters. The molecule has 0 fully saturated rings. The molecule has 2 nitrogen and oxygen atoms in total. The molecule has 0 bridgehead atoms. The summed E-state index contributed by atoms with van der Waals surface area (Å²) in [7, 11) is 0. The van der Waals surface area contributed by atoms with E-state index in [1.165, 1.54) is 22.0 Å². The quantitative estimate of drug-likeness (QED) is 0.880. The van der Waals surface area contributed by atoms with E-state index in [2.05, 4.69) is 56.7 Å². The number of nitrogens with two attached hydrogens (primary N) is 1. The Morgan fingerprint density at radius 3 is 2.50 bits per heavy atom. The van der Waals surface area contributed by atoms with Crippen molar-refractivity contribution in [2.75, 3.05) is 6.54 Å². The first-order valence-electron chi connectivity index (χ1n) is 6.79. The van der Waals surface area contributed by atoms with Gasteiger partial charge in [-0.1, -0.05) is 33.8 Å². The molecule has 0 radical (unpaired) electrons. The van der Waals surface area contributed by atoms with Crippen molar-refractivity contribution >= 4 is 10.9 Å². The van der Waals surface area contributed by atoms with E-state index in [-0.39, 0.29) is 5.41 Å². The summed E-state index contributed by atoms with van der Waals surface area (Å²) in [5, 5.41) is 1.39. The van der Waals surface area contributed by atoms with Crippen molar-refractivity contribution in [3.8, 4) is 0 Å². The van der Waals surface area contributed by atoms with Crippen LogP contribution in [0.2, 0.25) is 0 Å². The third-order valence-corrected chi connectivity index (χ3v) is 3.58. The van der Waals surface area contributed by atoms with Gasteiger partial charge in [0.2, 0.25) is 0 Å². The Bertz CT molecular complexity index is 544. The zero-order chi connectivity index (χ0) is 13.3. The van der Waals surface area contributed by atoms with Gasteiger partial charge in [-0.3, -0.25) is 0 Å². The summed E-state index contributed by atoms with van der Waals surface area (Å²) in [6.45, 7) is 10.6. The number of benzene rings is 1. The lowest BCUT2D eigenvalue weighted by Gasteiger charge is -2.19. The lowest BCUT2D eigenvalue weighted by Crippen LogP contribution is -2.11. The SMILES string of the molecule is CCc1cn(CCN)c2ccc(C(C)(C)C)cc12. The van der Waals surface area contributed by atoms with E-state index in [0.717, 1.165) is 13.0 Å². The molecule has 2 rings (SSSR count). The maximum absolute atomic E-state index is 5.68. The van der Waals surface area contributed by atoms with Gasteiger partial charge in [0.05, 0.1) is 0 Å². The highest BCUT2D eigenvalue weighted by molar-refractivity contribution is 5.85. The summed E-state index contributed by atoms with van der Waals surface area (Å²) >= 11 is 0. The highest BCUT2D eigenvalue weighted by Crippen LogP contribution is 2.29. The lowest BCUT2D eigenvalue weighted by atomic mass is 9.86. The molecular weight excluding hydrogens is 220 g/mol. The molecule has 0 unspecified atom stereocenters. The third-order valence-electron chi connectivity index (χ3n) is 3.58. The van der Waals surface area contributed by atoms with Gasteiger partial charge in [-0.15, -0.1) is 0 Å². The summed E-state index contributed by atoms with van der Waals surface area (Å²) in [5.74, 6) is 0. The molecule has 0 aliphatic rings. The van der Waals surface area contributed by atoms with Crippen LogP contribution in [0.25, 0.3) is 10.9 Å². The van der Waals surface area contributed by atoms with Crippen LogP contribution in [-0.4, -0.2) is 11.1 Å². The number of fused-ring (bicyclic) bond motifs is 1. The Morgan fingerprint density at radius 1 is 1.22 bits per heavy atom. The molecular formula is C16H24N2. The summed E-state index contributed by atoms with van der Waals surface area (Å²) in [4.78, 5) is 0. The van der Waals surface area contributed by atoms with Crippen LogP contribution in [0.1, 0.15) is 38.8 Å². The molecule has 0 saturated carbocycles. The molecule has 1 aromatic heterocycles. The molecule has 2 N–H and O–H groups in total. The minimum Gasteiger partial charge on any atom is -0.346 e. The largest absolute Gasteiger partial charge is 0.346 e. The first kappa shape index (κ1) is 13.2. The predicted octanol–water partition coefficient (Wildman–Crippen LogP) is 3.46. The maximum Gasteiger partial charge on any atom is 0.0483 e. The number of nitrogens with zero attached hydrogens (tertiary/aromatic N) is 1. The fraction of sp³-hybridized carbons (Fsp3) is 0.500. The molecule has 0 spiro atoms. The lowest BCUT2D eigenvalue weighted by molar-refractivity contribution is 0.591. The first-order chi connectivity index (χ1) is 8.47. The second-order valence-electron chi connectivity index (χ2n) is 5.97. The van der Waals surface area contributed by atoms with Crippen LogP contribution < -0.4 is 5.73 Å². The average Bonchev–Trinajstić information content (AvgIpc) is 2.66. The fourth-order valence-electron chi connectivity index (χ4n) is 2.44. The van der Waals surface area contributed by atoms with Crippen LogP contribution >= 0.6 is 0 Å². The summed E-state index contributed by atoms with van der Waals surface area (Å²) in [6.07, 6.45) is 3.33. The zero-order valence-electron chi connectivity index (χ0n) is 12.0. The van der Waals surface area contributed by atoms with Crippen LogP contribution in [-0.2, 0) is 18.4 Å². The van der Waals surface area contributed by atoms with Crippen molar-refractivity contribution < 1.29 is 0 Å². The molecule has 0 amide bonds. The highest BCUT2D eigenvalue weighted by Gasteiger charge is 2.16. The van der Waals surface area contributed by atoms with E-state index < -0.39 is 0 Å². The summed E-state index contributed by atoms with van der Waals surface area (Å²) < 4.78 is 2.28. The number of hydrogen-bond donors (Lipinski definition) is 1. The highest BCUT2D eigenvalue weighted by atomic mass is 15.0. The van der Waals surface area contributed by atoms with E-state index in [9.17, 15) is 0 Å². The van der Waals surface area contributed by atoms with Crippen molar-refractivity contribution in [3.05, 3.63) is 35.5 Å². The van der Waals surface area contributed by atoms with E-state index in [1.54, 1.807) is 0 Å². The topological polar surface area (TPSA) is 30.9 Å². The molecule has 1 aromatic carbocycles. The zero-order valence-corrected chi connectivity index (χ0v) is 12.0. The van der Waals surface area contributed by atoms with Gasteiger partial charge in [0.1, 0.15) is 0 Å². The normalized spacial score (nSPS) is 12.3. The molecule has 2 aromatic rings. The van der Waals surface area contributed by atoms with Crippen LogP contribution in [0.3, 0.4) is 0 Å². The van der Waals surface area contributed by atoms with E-state index >= 15 is 0 Å². The predicted molar refractivity (Wildman–Crippen MR) is 79.1 cm³/mol. The number of aromatic nitrogens is 1. The number of hydrogen-bond acceptors (Lipinski definition) is 1. The van der Waals surface area contributed by atoms with Crippen LogP contribution in [0.15, 0.2) is 24.4 Å². The number of rotatable bonds is 3. The van der Waals surface area contributed by atoms with E-state index in [4.69, 9.17) is 5.73 Å². The van der Waals surface area contributed by atoms with E-state index in [0.29, 0.717) is 6.54 Å². The Hall–Kier alpha value is -1.28. The minimum absolute atomic E-state index is 0.204. The monoisotopic (exact) mass is 244 g/mol. The molecule has 1 heterocycles. The van der Waals surface area contributed by atoms with Crippen molar-refractivity contribution in [3.63, 3.8) is 0 Å². The summed E-state index contributed by atoms with van der Waals surface area (Å²) in [6, 6.07) is 6.83. The molecule has 98 valence electrons. The Balaban J connectivity index is 2.61. The minimum atomic E-state index is 0.204. The molecule has 18 heavy (non-hydrogen) atoms. The van der Waals surface area contributed by atoms with Gasteiger partial charge in [-0.2, -0.15) is 0 Å². The van der Waals surface area contributed by atoms with Crippen molar-refractivity contribution in [1.82, 2.24) is 4.57 Å². The van der Waals surface area contributed by atoms with Crippen molar-refractivity contribution in [2.45, 2.75) is 46.1 Å². The molecule has 0 aliphatic carbocycles. The van der Waals surface area contributed by atoms with Crippen LogP contribution in [0.4, 0.5) is 0 Å². The molecule has 0 aliphatic heterocycles. The smallest absolute Gasteiger partial charge is 0.0483 e. The van der Waals surface area contributed by atoms with E-state index in [1.807, 2.05) is 0 Å². The van der Waals surface area contributed by atoms with Gasteiger partial charge in [0, 0.05) is 30.2 Å². The van der Waals surface area contributed by atoms with Crippen LogP contribution in [0, 0.1) is 0 Å². The van der Waals surface area contributed by atoms with Crippen molar-refractivity contribution in [1.29, 1.82) is 0 Å². The second kappa shape index (κ2) is 4.77. The van der Waals surface area contributed by atoms with Crippen molar-refractivity contribution in [2.24, 2.45) is 5.73 Å². The molecule has 0 saturated heterocycles. The number of aryl methyl sites for hydroxylation is 1. The van der Waals surface area contributed by atoms with Gasteiger partial charge in [-0.25, -0.2) is 0 Å². The van der Waals surface area contributed by atoms with Crippen LogP contribution in [0.5, 0.6) is 0 Å². The second-order valence-corrected chi connectivity index (χ2v) is 5.97. The third kappa shape index (κ3) is 2.30.